The Kier molecular flexibility index (Phi) is 4.24. The zero-order valence-corrected chi connectivity index (χ0v) is 12.3. The van der Waals surface area contributed by atoms with E-state index in [1.54, 1.807) is 6.92 Å². The molecule has 0 aliphatic carbocycles. The molecule has 2 rings (SSSR count). The van der Waals surface area contributed by atoms with Crippen LogP contribution in [-0.4, -0.2) is 53.6 Å². The predicted molar refractivity (Wildman–Crippen MR) is 73.2 cm³/mol. The van der Waals surface area contributed by atoms with Crippen molar-refractivity contribution in [3.8, 4) is 0 Å². The van der Waals surface area contributed by atoms with E-state index in [0.717, 1.165) is 32.7 Å². The van der Waals surface area contributed by atoms with Crippen molar-refractivity contribution in [2.75, 3.05) is 32.7 Å². The zero-order chi connectivity index (χ0) is 14.0. The zero-order valence-electron chi connectivity index (χ0n) is 12.3. The van der Waals surface area contributed by atoms with Crippen LogP contribution < -0.4 is 0 Å². The number of amides is 1. The summed E-state index contributed by atoms with van der Waals surface area (Å²) in [7, 11) is 0. The summed E-state index contributed by atoms with van der Waals surface area (Å²) in [5.74, 6) is 1.34. The molecule has 0 radical (unpaired) electrons. The van der Waals surface area contributed by atoms with Crippen LogP contribution in [0.25, 0.3) is 0 Å². The van der Waals surface area contributed by atoms with Crippen molar-refractivity contribution in [1.82, 2.24) is 15.0 Å². The van der Waals surface area contributed by atoms with Gasteiger partial charge in [0.05, 0.1) is 5.69 Å². The molecule has 19 heavy (non-hydrogen) atoms. The summed E-state index contributed by atoms with van der Waals surface area (Å²) in [6.07, 6.45) is 0. The van der Waals surface area contributed by atoms with Gasteiger partial charge in [0.15, 0.2) is 0 Å². The van der Waals surface area contributed by atoms with Gasteiger partial charge in [-0.3, -0.25) is 9.69 Å². The number of aromatic nitrogens is 1. The number of carbonyl (C=O) groups is 1. The van der Waals surface area contributed by atoms with E-state index in [0.29, 0.717) is 22.9 Å². The molecule has 1 aromatic heterocycles. The molecule has 1 aromatic rings. The molecule has 1 aliphatic heterocycles. The van der Waals surface area contributed by atoms with Crippen LogP contribution in [0.1, 0.15) is 35.7 Å². The third-order valence-corrected chi connectivity index (χ3v) is 3.53. The molecule has 0 bridgehead atoms. The van der Waals surface area contributed by atoms with Crippen LogP contribution in [0.15, 0.2) is 4.52 Å². The third kappa shape index (κ3) is 3.15. The monoisotopic (exact) mass is 265 g/mol. The van der Waals surface area contributed by atoms with Crippen LogP contribution in [0.3, 0.4) is 0 Å². The van der Waals surface area contributed by atoms with Crippen molar-refractivity contribution >= 4 is 5.91 Å². The molecule has 1 saturated heterocycles. The van der Waals surface area contributed by atoms with Crippen molar-refractivity contribution in [2.24, 2.45) is 5.92 Å². The van der Waals surface area contributed by atoms with Gasteiger partial charge >= 0.3 is 0 Å². The first-order valence-electron chi connectivity index (χ1n) is 6.93. The van der Waals surface area contributed by atoms with Crippen LogP contribution in [0, 0.1) is 19.8 Å². The standard InChI is InChI=1S/C14H23N3O2/c1-10(2)9-16-5-7-17(8-6-16)14(18)13-11(3)15-19-12(13)4/h10H,5-9H2,1-4H3. The highest BCUT2D eigenvalue weighted by atomic mass is 16.5. The van der Waals surface area contributed by atoms with Gasteiger partial charge in [-0.05, 0) is 19.8 Å². The minimum atomic E-state index is 0.0560. The van der Waals surface area contributed by atoms with Gasteiger partial charge in [-0.1, -0.05) is 19.0 Å². The molecule has 1 fully saturated rings. The minimum absolute atomic E-state index is 0.0560. The molecule has 0 spiro atoms. The largest absolute Gasteiger partial charge is 0.361 e. The van der Waals surface area contributed by atoms with Crippen molar-refractivity contribution in [1.29, 1.82) is 0 Å². The van der Waals surface area contributed by atoms with Crippen molar-refractivity contribution in [2.45, 2.75) is 27.7 Å². The van der Waals surface area contributed by atoms with E-state index in [2.05, 4.69) is 23.9 Å². The third-order valence-electron chi connectivity index (χ3n) is 3.53. The van der Waals surface area contributed by atoms with Gasteiger partial charge in [-0.25, -0.2) is 0 Å². The smallest absolute Gasteiger partial charge is 0.259 e. The SMILES string of the molecule is Cc1noc(C)c1C(=O)N1CCN(CC(C)C)CC1. The number of aryl methyl sites for hydroxylation is 2. The summed E-state index contributed by atoms with van der Waals surface area (Å²) in [6, 6.07) is 0. The molecular weight excluding hydrogens is 242 g/mol. The predicted octanol–water partition coefficient (Wildman–Crippen LogP) is 1.71. The molecule has 5 nitrogen and oxygen atoms in total. The second-order valence-corrected chi connectivity index (χ2v) is 5.69. The lowest BCUT2D eigenvalue weighted by Gasteiger charge is -2.35. The van der Waals surface area contributed by atoms with Gasteiger partial charge in [0.2, 0.25) is 0 Å². The van der Waals surface area contributed by atoms with Gasteiger partial charge in [0.1, 0.15) is 11.3 Å². The van der Waals surface area contributed by atoms with Crippen molar-refractivity contribution in [3.63, 3.8) is 0 Å². The number of hydrogen-bond donors (Lipinski definition) is 0. The fraction of sp³-hybridized carbons (Fsp3) is 0.714. The number of carbonyl (C=O) groups excluding carboxylic acids is 1. The van der Waals surface area contributed by atoms with E-state index in [1.807, 2.05) is 11.8 Å². The van der Waals surface area contributed by atoms with Crippen LogP contribution >= 0.6 is 0 Å². The molecule has 0 unspecified atom stereocenters. The Morgan fingerprint density at radius 1 is 1.26 bits per heavy atom. The van der Waals surface area contributed by atoms with Gasteiger partial charge in [0.25, 0.3) is 5.91 Å². The van der Waals surface area contributed by atoms with Crippen LogP contribution in [0.5, 0.6) is 0 Å². The number of rotatable bonds is 3. The quantitative estimate of drug-likeness (QED) is 0.834. The highest BCUT2D eigenvalue weighted by Crippen LogP contribution is 2.16. The Morgan fingerprint density at radius 2 is 1.89 bits per heavy atom. The first-order valence-corrected chi connectivity index (χ1v) is 6.93. The summed E-state index contributed by atoms with van der Waals surface area (Å²) >= 11 is 0. The number of nitrogens with zero attached hydrogens (tertiary/aromatic N) is 3. The Morgan fingerprint density at radius 3 is 2.37 bits per heavy atom. The Bertz CT molecular complexity index is 426. The fourth-order valence-electron chi connectivity index (χ4n) is 2.60. The Labute approximate surface area is 114 Å². The first kappa shape index (κ1) is 14.1. The summed E-state index contributed by atoms with van der Waals surface area (Å²) in [5, 5.41) is 3.85. The normalized spacial score (nSPS) is 17.2. The molecule has 0 N–H and O–H groups in total. The van der Waals surface area contributed by atoms with Crippen LogP contribution in [0.4, 0.5) is 0 Å². The Hall–Kier alpha value is -1.36. The molecule has 1 aliphatic rings. The topological polar surface area (TPSA) is 49.6 Å². The van der Waals surface area contributed by atoms with E-state index in [1.165, 1.54) is 0 Å². The second-order valence-electron chi connectivity index (χ2n) is 5.69. The van der Waals surface area contributed by atoms with Gasteiger partial charge < -0.3 is 9.42 Å². The summed E-state index contributed by atoms with van der Waals surface area (Å²) in [6.45, 7) is 12.6. The lowest BCUT2D eigenvalue weighted by Crippen LogP contribution is -2.49. The molecule has 2 heterocycles. The molecule has 106 valence electrons. The number of hydrogen-bond acceptors (Lipinski definition) is 4. The van der Waals surface area contributed by atoms with Crippen molar-refractivity contribution in [3.05, 3.63) is 17.0 Å². The Balaban J connectivity index is 1.96. The van der Waals surface area contributed by atoms with Gasteiger partial charge in [-0.15, -0.1) is 0 Å². The molecule has 0 aromatic carbocycles. The highest BCUT2D eigenvalue weighted by molar-refractivity contribution is 5.96. The molecule has 0 saturated carbocycles. The van der Waals surface area contributed by atoms with E-state index >= 15 is 0 Å². The first-order chi connectivity index (χ1) is 8.99. The molecular formula is C14H23N3O2. The lowest BCUT2D eigenvalue weighted by molar-refractivity contribution is 0.0621. The minimum Gasteiger partial charge on any atom is -0.361 e. The van der Waals surface area contributed by atoms with E-state index in [4.69, 9.17) is 4.52 Å². The lowest BCUT2D eigenvalue weighted by atomic mass is 10.1. The van der Waals surface area contributed by atoms with E-state index < -0.39 is 0 Å². The highest BCUT2D eigenvalue weighted by Gasteiger charge is 2.26. The summed E-state index contributed by atoms with van der Waals surface area (Å²) in [5.41, 5.74) is 1.32. The summed E-state index contributed by atoms with van der Waals surface area (Å²) < 4.78 is 5.07. The molecule has 1 amide bonds. The fourth-order valence-corrected chi connectivity index (χ4v) is 2.60. The van der Waals surface area contributed by atoms with Gasteiger partial charge in [-0.2, -0.15) is 0 Å². The van der Waals surface area contributed by atoms with Crippen LogP contribution in [-0.2, 0) is 0 Å². The average molecular weight is 265 g/mol. The van der Waals surface area contributed by atoms with Crippen LogP contribution in [0.2, 0.25) is 0 Å². The molecule has 0 atom stereocenters. The van der Waals surface area contributed by atoms with E-state index in [9.17, 15) is 4.79 Å². The average Bonchev–Trinajstić information content (AvgIpc) is 2.68. The van der Waals surface area contributed by atoms with E-state index in [-0.39, 0.29) is 5.91 Å². The maximum absolute atomic E-state index is 12.4. The maximum atomic E-state index is 12.4. The van der Waals surface area contributed by atoms with Crippen molar-refractivity contribution < 1.29 is 9.32 Å². The van der Waals surface area contributed by atoms with Gasteiger partial charge in [0, 0.05) is 32.7 Å². The summed E-state index contributed by atoms with van der Waals surface area (Å²) in [4.78, 5) is 16.8. The maximum Gasteiger partial charge on any atom is 0.259 e. The number of piperazine rings is 1. The second kappa shape index (κ2) is 5.74. The molecule has 5 heteroatoms.